The lowest BCUT2D eigenvalue weighted by Gasteiger charge is -2.19. The minimum absolute atomic E-state index is 0.364. The highest BCUT2D eigenvalue weighted by Gasteiger charge is 2.38. The molecule has 1 aliphatic heterocycles. The molecule has 0 bridgehead atoms. The van der Waals surface area contributed by atoms with Crippen LogP contribution in [0.25, 0.3) is 0 Å². The van der Waals surface area contributed by atoms with Gasteiger partial charge in [-0.2, -0.15) is 0 Å². The third-order valence-corrected chi connectivity index (χ3v) is 5.18. The quantitative estimate of drug-likeness (QED) is 0.584. The van der Waals surface area contributed by atoms with Gasteiger partial charge in [-0.3, -0.25) is 4.98 Å². The lowest BCUT2D eigenvalue weighted by molar-refractivity contribution is 0.132. The summed E-state index contributed by atoms with van der Waals surface area (Å²) in [6.07, 6.45) is 2.22. The van der Waals surface area contributed by atoms with Crippen molar-refractivity contribution in [3.05, 3.63) is 99.3 Å². The number of hydrogen-bond acceptors (Lipinski definition) is 3. The van der Waals surface area contributed by atoms with Crippen LogP contribution in [-0.2, 0) is 4.74 Å². The van der Waals surface area contributed by atoms with Gasteiger partial charge in [-0.15, -0.1) is 0 Å². The van der Waals surface area contributed by atoms with Gasteiger partial charge in [0, 0.05) is 29.1 Å². The van der Waals surface area contributed by atoms with Crippen LogP contribution in [0.5, 0.6) is 0 Å². The van der Waals surface area contributed by atoms with Crippen molar-refractivity contribution < 1.29 is 9.53 Å². The monoisotopic (exact) mass is 408 g/mol. The molecular weight excluding hydrogens is 395 g/mol. The first-order chi connectivity index (χ1) is 13.6. The number of carbonyl (C=O) groups excluding carboxylic acids is 1. The molecule has 0 spiro atoms. The molecule has 0 unspecified atom stereocenters. The summed E-state index contributed by atoms with van der Waals surface area (Å²) in [5, 5.41) is 3.58. The molecule has 1 N–H and O–H groups in total. The lowest BCUT2D eigenvalue weighted by atomic mass is 9.97. The predicted octanol–water partition coefficient (Wildman–Crippen LogP) is 5.31. The van der Waals surface area contributed by atoms with E-state index in [4.69, 9.17) is 27.9 Å². The number of pyridine rings is 1. The first-order valence-corrected chi connectivity index (χ1v) is 9.30. The van der Waals surface area contributed by atoms with Crippen molar-refractivity contribution in [3.8, 4) is 11.8 Å². The number of rotatable bonds is 2. The topological polar surface area (TPSA) is 51.2 Å². The molecule has 1 aromatic heterocycles. The van der Waals surface area contributed by atoms with Gasteiger partial charge in [0.05, 0.1) is 10.0 Å². The third-order valence-electron chi connectivity index (χ3n) is 4.34. The van der Waals surface area contributed by atoms with E-state index in [1.54, 1.807) is 30.6 Å². The Morgan fingerprint density at radius 2 is 1.75 bits per heavy atom. The van der Waals surface area contributed by atoms with Crippen molar-refractivity contribution >= 4 is 29.3 Å². The molecule has 0 radical (unpaired) electrons. The molecule has 2 aromatic carbocycles. The van der Waals surface area contributed by atoms with Gasteiger partial charge in [-0.05, 0) is 29.8 Å². The molecular formula is C22H14Cl2N2O2. The first kappa shape index (κ1) is 18.4. The Morgan fingerprint density at radius 1 is 0.964 bits per heavy atom. The summed E-state index contributed by atoms with van der Waals surface area (Å²) in [5.41, 5.74) is 3.05. The van der Waals surface area contributed by atoms with Gasteiger partial charge in [0.25, 0.3) is 0 Å². The second-order valence-corrected chi connectivity index (χ2v) is 7.00. The number of hydrogen-bond donors (Lipinski definition) is 1. The van der Waals surface area contributed by atoms with Gasteiger partial charge in [0.1, 0.15) is 6.04 Å². The van der Waals surface area contributed by atoms with E-state index in [1.807, 2.05) is 36.4 Å². The highest BCUT2D eigenvalue weighted by molar-refractivity contribution is 6.42. The SMILES string of the molecule is O=C1N[C@H](c2cncc(C#Cc3ccccc3)c2)[C@@H](c2cccc(Cl)c2Cl)O1. The van der Waals surface area contributed by atoms with Gasteiger partial charge in [0.2, 0.25) is 0 Å². The Labute approximate surface area is 172 Å². The van der Waals surface area contributed by atoms with E-state index in [9.17, 15) is 4.79 Å². The number of ether oxygens (including phenoxy) is 1. The van der Waals surface area contributed by atoms with Crippen LogP contribution in [0, 0.1) is 11.8 Å². The highest BCUT2D eigenvalue weighted by atomic mass is 35.5. The van der Waals surface area contributed by atoms with E-state index in [2.05, 4.69) is 22.1 Å². The molecule has 1 amide bonds. The zero-order valence-corrected chi connectivity index (χ0v) is 16.0. The number of aromatic nitrogens is 1. The number of nitrogens with one attached hydrogen (secondary N) is 1. The fourth-order valence-corrected chi connectivity index (χ4v) is 3.44. The maximum absolute atomic E-state index is 11.9. The van der Waals surface area contributed by atoms with Gasteiger partial charge < -0.3 is 10.1 Å². The fraction of sp³-hybridized carbons (Fsp3) is 0.0909. The summed E-state index contributed by atoms with van der Waals surface area (Å²) in [6, 6.07) is 16.4. The lowest BCUT2D eigenvalue weighted by Crippen LogP contribution is -2.20. The van der Waals surface area contributed by atoms with E-state index in [0.29, 0.717) is 15.6 Å². The normalized spacial score (nSPS) is 18.0. The Balaban J connectivity index is 1.67. The molecule has 138 valence electrons. The van der Waals surface area contributed by atoms with Crippen molar-refractivity contribution in [3.63, 3.8) is 0 Å². The number of cyclic esters (lactones) is 1. The Hall–Kier alpha value is -3.00. The third kappa shape index (κ3) is 3.82. The summed E-state index contributed by atoms with van der Waals surface area (Å²) in [4.78, 5) is 16.2. The molecule has 28 heavy (non-hydrogen) atoms. The van der Waals surface area contributed by atoms with Crippen LogP contribution in [0.3, 0.4) is 0 Å². The average molecular weight is 409 g/mol. The second-order valence-electron chi connectivity index (χ2n) is 6.21. The zero-order valence-electron chi connectivity index (χ0n) is 14.5. The molecule has 4 nitrogen and oxygen atoms in total. The van der Waals surface area contributed by atoms with Gasteiger partial charge in [-0.25, -0.2) is 4.79 Å². The van der Waals surface area contributed by atoms with Crippen molar-refractivity contribution in [2.75, 3.05) is 0 Å². The van der Waals surface area contributed by atoms with Crippen LogP contribution in [0.2, 0.25) is 10.0 Å². The number of alkyl carbamates (subject to hydrolysis) is 1. The molecule has 2 atom stereocenters. The van der Waals surface area contributed by atoms with Crippen LogP contribution in [0.15, 0.2) is 67.0 Å². The summed E-state index contributed by atoms with van der Waals surface area (Å²) in [5.74, 6) is 6.20. The Morgan fingerprint density at radius 3 is 2.57 bits per heavy atom. The second kappa shape index (κ2) is 7.93. The minimum atomic E-state index is -0.613. The maximum Gasteiger partial charge on any atom is 0.408 e. The van der Waals surface area contributed by atoms with Crippen molar-refractivity contribution in [2.45, 2.75) is 12.1 Å². The number of halogens is 2. The predicted molar refractivity (Wildman–Crippen MR) is 108 cm³/mol. The maximum atomic E-state index is 11.9. The minimum Gasteiger partial charge on any atom is -0.439 e. The number of amides is 1. The van der Waals surface area contributed by atoms with Crippen LogP contribution in [-0.4, -0.2) is 11.1 Å². The van der Waals surface area contributed by atoms with Crippen LogP contribution < -0.4 is 5.32 Å². The smallest absolute Gasteiger partial charge is 0.408 e. The molecule has 6 heteroatoms. The van der Waals surface area contributed by atoms with E-state index < -0.39 is 18.2 Å². The molecule has 0 aliphatic carbocycles. The van der Waals surface area contributed by atoms with Crippen molar-refractivity contribution in [1.82, 2.24) is 10.3 Å². The van der Waals surface area contributed by atoms with Gasteiger partial charge in [-0.1, -0.05) is 65.4 Å². The Kier molecular flexibility index (Phi) is 5.21. The number of benzene rings is 2. The summed E-state index contributed by atoms with van der Waals surface area (Å²) < 4.78 is 5.46. The molecule has 1 aliphatic rings. The van der Waals surface area contributed by atoms with Crippen LogP contribution in [0.4, 0.5) is 4.79 Å². The highest BCUT2D eigenvalue weighted by Crippen LogP contribution is 2.41. The standard InChI is InChI=1S/C22H14Cl2N2O2/c23-18-8-4-7-17(19(18)24)21-20(26-22(27)28-21)16-11-15(12-25-13-16)10-9-14-5-2-1-3-6-14/h1-8,11-13,20-21H,(H,26,27)/t20-,21-/m1/s1. The number of nitrogens with zero attached hydrogens (tertiary/aromatic N) is 1. The molecule has 3 aromatic rings. The largest absolute Gasteiger partial charge is 0.439 e. The molecule has 4 rings (SSSR count). The first-order valence-electron chi connectivity index (χ1n) is 8.55. The Bertz CT molecular complexity index is 1090. The molecule has 0 saturated carbocycles. The summed E-state index contributed by atoms with van der Waals surface area (Å²) >= 11 is 12.5. The van der Waals surface area contributed by atoms with E-state index >= 15 is 0 Å². The van der Waals surface area contributed by atoms with Crippen molar-refractivity contribution in [2.24, 2.45) is 0 Å². The summed E-state index contributed by atoms with van der Waals surface area (Å²) in [7, 11) is 0. The van der Waals surface area contributed by atoms with Crippen LogP contribution in [0.1, 0.15) is 34.4 Å². The van der Waals surface area contributed by atoms with Crippen LogP contribution >= 0.6 is 23.2 Å². The molecule has 2 heterocycles. The molecule has 1 fully saturated rings. The summed E-state index contributed by atoms with van der Waals surface area (Å²) in [6.45, 7) is 0. The number of carbonyl (C=O) groups is 1. The fourth-order valence-electron chi connectivity index (χ4n) is 3.02. The van der Waals surface area contributed by atoms with Crippen molar-refractivity contribution in [1.29, 1.82) is 0 Å². The zero-order chi connectivity index (χ0) is 19.5. The van der Waals surface area contributed by atoms with Gasteiger partial charge in [0.15, 0.2) is 6.10 Å². The van der Waals surface area contributed by atoms with E-state index in [1.165, 1.54) is 0 Å². The van der Waals surface area contributed by atoms with E-state index in [-0.39, 0.29) is 0 Å². The van der Waals surface area contributed by atoms with Gasteiger partial charge >= 0.3 is 6.09 Å². The molecule has 1 saturated heterocycles. The van der Waals surface area contributed by atoms with E-state index in [0.717, 1.165) is 16.7 Å². The average Bonchev–Trinajstić information content (AvgIpc) is 3.11.